The van der Waals surface area contributed by atoms with E-state index in [4.69, 9.17) is 22.1 Å². The van der Waals surface area contributed by atoms with Gasteiger partial charge in [0.15, 0.2) is 0 Å². The first-order chi connectivity index (χ1) is 10.1. The number of benzene rings is 2. The fourth-order valence-corrected chi connectivity index (χ4v) is 2.65. The van der Waals surface area contributed by atoms with Crippen molar-refractivity contribution >= 4 is 34.2 Å². The van der Waals surface area contributed by atoms with Gasteiger partial charge in [-0.05, 0) is 64.8 Å². The smallest absolute Gasteiger partial charge is 0.141 e. The van der Waals surface area contributed by atoms with Gasteiger partial charge < -0.3 is 10.5 Å². The number of hydrogen-bond donors (Lipinski definition) is 1. The zero-order valence-corrected chi connectivity index (χ0v) is 14.9. The largest absolute Gasteiger partial charge is 0.487 e. The van der Waals surface area contributed by atoms with Gasteiger partial charge >= 0.3 is 0 Å². The molecule has 0 radical (unpaired) electrons. The molecule has 2 aromatic carbocycles. The van der Waals surface area contributed by atoms with Crippen molar-refractivity contribution in [2.24, 2.45) is 5.73 Å². The highest BCUT2D eigenvalue weighted by Crippen LogP contribution is 2.30. The Morgan fingerprint density at radius 2 is 1.90 bits per heavy atom. The van der Waals surface area contributed by atoms with Crippen molar-refractivity contribution in [2.75, 3.05) is 0 Å². The molecule has 0 bridgehead atoms. The summed E-state index contributed by atoms with van der Waals surface area (Å²) >= 11 is 8.57. The number of rotatable bonds is 6. The fraction of sp³-hybridized carbons (Fsp3) is 0.294. The molecule has 2 N–H and O–H groups in total. The molecular formula is C17H19ClINO. The molecular weight excluding hydrogens is 397 g/mol. The van der Waals surface area contributed by atoms with E-state index in [9.17, 15) is 0 Å². The highest BCUT2D eigenvalue weighted by atomic mass is 127. The van der Waals surface area contributed by atoms with Crippen molar-refractivity contribution in [3.05, 3.63) is 62.2 Å². The molecule has 21 heavy (non-hydrogen) atoms. The zero-order valence-electron chi connectivity index (χ0n) is 12.0. The van der Waals surface area contributed by atoms with Crippen molar-refractivity contribution in [2.45, 2.75) is 32.4 Å². The van der Waals surface area contributed by atoms with Gasteiger partial charge in [0.1, 0.15) is 12.4 Å². The van der Waals surface area contributed by atoms with E-state index in [2.05, 4.69) is 53.8 Å². The summed E-state index contributed by atoms with van der Waals surface area (Å²) in [5.41, 5.74) is 8.25. The van der Waals surface area contributed by atoms with E-state index < -0.39 is 0 Å². The SMILES string of the molecule is CCC(N)Cc1cccc(Cl)c1OCc1ccc(I)cc1. The Morgan fingerprint density at radius 1 is 1.19 bits per heavy atom. The van der Waals surface area contributed by atoms with Crippen molar-refractivity contribution in [3.8, 4) is 5.75 Å². The van der Waals surface area contributed by atoms with Crippen molar-refractivity contribution in [3.63, 3.8) is 0 Å². The third-order valence-electron chi connectivity index (χ3n) is 3.35. The first kappa shape index (κ1) is 16.6. The van der Waals surface area contributed by atoms with E-state index in [1.165, 1.54) is 3.57 Å². The lowest BCUT2D eigenvalue weighted by Crippen LogP contribution is -2.21. The maximum atomic E-state index is 6.28. The maximum Gasteiger partial charge on any atom is 0.141 e. The minimum atomic E-state index is 0.129. The van der Waals surface area contributed by atoms with Gasteiger partial charge in [-0.2, -0.15) is 0 Å². The van der Waals surface area contributed by atoms with Crippen LogP contribution in [0.2, 0.25) is 5.02 Å². The lowest BCUT2D eigenvalue weighted by molar-refractivity contribution is 0.302. The van der Waals surface area contributed by atoms with E-state index in [1.807, 2.05) is 18.2 Å². The van der Waals surface area contributed by atoms with E-state index in [-0.39, 0.29) is 6.04 Å². The number of ether oxygens (including phenoxy) is 1. The van der Waals surface area contributed by atoms with Gasteiger partial charge in [-0.3, -0.25) is 0 Å². The molecule has 0 fully saturated rings. The van der Waals surface area contributed by atoms with Gasteiger partial charge in [-0.25, -0.2) is 0 Å². The van der Waals surface area contributed by atoms with E-state index in [0.29, 0.717) is 11.6 Å². The summed E-state index contributed by atoms with van der Waals surface area (Å²) in [6, 6.07) is 14.2. The van der Waals surface area contributed by atoms with Crippen molar-refractivity contribution in [1.82, 2.24) is 0 Å². The zero-order chi connectivity index (χ0) is 15.2. The summed E-state index contributed by atoms with van der Waals surface area (Å²) in [5, 5.41) is 0.640. The van der Waals surface area contributed by atoms with E-state index in [1.54, 1.807) is 0 Å². The molecule has 2 aromatic rings. The molecule has 0 saturated heterocycles. The second kappa shape index (κ2) is 8.01. The molecule has 0 aliphatic carbocycles. The number of para-hydroxylation sites is 1. The Bertz CT molecular complexity index is 586. The molecule has 0 heterocycles. The summed E-state index contributed by atoms with van der Waals surface area (Å²) < 4.78 is 7.16. The van der Waals surface area contributed by atoms with Gasteiger partial charge in [0.05, 0.1) is 5.02 Å². The number of halogens is 2. The van der Waals surface area contributed by atoms with Gasteiger partial charge in [0.2, 0.25) is 0 Å². The Labute approximate surface area is 144 Å². The van der Waals surface area contributed by atoms with Crippen LogP contribution < -0.4 is 10.5 Å². The van der Waals surface area contributed by atoms with Crippen LogP contribution in [0.15, 0.2) is 42.5 Å². The van der Waals surface area contributed by atoms with Gasteiger partial charge in [0, 0.05) is 9.61 Å². The fourth-order valence-electron chi connectivity index (χ4n) is 2.04. The highest BCUT2D eigenvalue weighted by Gasteiger charge is 2.11. The Balaban J connectivity index is 2.12. The van der Waals surface area contributed by atoms with Crippen LogP contribution >= 0.6 is 34.2 Å². The topological polar surface area (TPSA) is 35.2 Å². The van der Waals surface area contributed by atoms with Crippen molar-refractivity contribution < 1.29 is 4.74 Å². The summed E-state index contributed by atoms with van der Waals surface area (Å²) in [7, 11) is 0. The summed E-state index contributed by atoms with van der Waals surface area (Å²) in [6.45, 7) is 2.59. The van der Waals surface area contributed by atoms with Crippen LogP contribution in [-0.2, 0) is 13.0 Å². The predicted octanol–water partition coefficient (Wildman–Crippen LogP) is 4.80. The van der Waals surface area contributed by atoms with Gasteiger partial charge in [-0.15, -0.1) is 0 Å². The predicted molar refractivity (Wildman–Crippen MR) is 96.9 cm³/mol. The first-order valence-electron chi connectivity index (χ1n) is 7.00. The average Bonchev–Trinajstić information content (AvgIpc) is 2.48. The number of hydrogen-bond acceptors (Lipinski definition) is 2. The molecule has 2 rings (SSSR count). The molecule has 0 amide bonds. The van der Waals surface area contributed by atoms with E-state index in [0.717, 1.165) is 29.7 Å². The van der Waals surface area contributed by atoms with Crippen LogP contribution in [0.25, 0.3) is 0 Å². The summed E-state index contributed by atoms with van der Waals surface area (Å²) in [6.07, 6.45) is 1.71. The second-order valence-corrected chi connectivity index (χ2v) is 6.67. The molecule has 0 saturated carbocycles. The number of nitrogens with two attached hydrogens (primary N) is 1. The van der Waals surface area contributed by atoms with Crippen LogP contribution in [0, 0.1) is 3.57 Å². The third-order valence-corrected chi connectivity index (χ3v) is 4.37. The molecule has 1 atom stereocenters. The van der Waals surface area contributed by atoms with Crippen LogP contribution in [-0.4, -0.2) is 6.04 Å². The van der Waals surface area contributed by atoms with Crippen LogP contribution in [0.1, 0.15) is 24.5 Å². The molecule has 4 heteroatoms. The summed E-state index contributed by atoms with van der Waals surface area (Å²) in [5.74, 6) is 0.751. The van der Waals surface area contributed by atoms with E-state index >= 15 is 0 Å². The lowest BCUT2D eigenvalue weighted by atomic mass is 10.0. The van der Waals surface area contributed by atoms with Crippen LogP contribution in [0.4, 0.5) is 0 Å². The molecule has 1 unspecified atom stereocenters. The Kier molecular flexibility index (Phi) is 6.33. The Morgan fingerprint density at radius 3 is 2.57 bits per heavy atom. The molecule has 2 nitrogen and oxygen atoms in total. The van der Waals surface area contributed by atoms with Crippen LogP contribution in [0.5, 0.6) is 5.75 Å². The van der Waals surface area contributed by atoms with Gasteiger partial charge in [-0.1, -0.05) is 42.8 Å². The minimum absolute atomic E-state index is 0.129. The highest BCUT2D eigenvalue weighted by molar-refractivity contribution is 14.1. The summed E-state index contributed by atoms with van der Waals surface area (Å²) in [4.78, 5) is 0. The molecule has 0 aliphatic rings. The average molecular weight is 416 g/mol. The quantitative estimate of drug-likeness (QED) is 0.688. The van der Waals surface area contributed by atoms with Crippen LogP contribution in [0.3, 0.4) is 0 Å². The molecule has 0 aliphatic heterocycles. The van der Waals surface area contributed by atoms with Gasteiger partial charge in [0.25, 0.3) is 0 Å². The standard InChI is InChI=1S/C17H19ClINO/c1-2-15(20)10-13-4-3-5-16(18)17(13)21-11-12-6-8-14(19)9-7-12/h3-9,15H,2,10-11,20H2,1H3. The van der Waals surface area contributed by atoms with Crippen molar-refractivity contribution in [1.29, 1.82) is 0 Å². The third kappa shape index (κ3) is 4.87. The maximum absolute atomic E-state index is 6.28. The normalized spacial score (nSPS) is 12.2. The minimum Gasteiger partial charge on any atom is -0.487 e. The molecule has 0 aromatic heterocycles. The molecule has 112 valence electrons. The monoisotopic (exact) mass is 415 g/mol. The second-order valence-electron chi connectivity index (χ2n) is 5.02. The first-order valence-corrected chi connectivity index (χ1v) is 8.46. The Hall–Kier alpha value is -0.780. The lowest BCUT2D eigenvalue weighted by Gasteiger charge is -2.16. The molecule has 0 spiro atoms.